The van der Waals surface area contributed by atoms with E-state index in [1.54, 1.807) is 6.08 Å². The molecule has 0 saturated heterocycles. The fraction of sp³-hybridized carbons (Fsp3) is 0.455. The van der Waals surface area contributed by atoms with E-state index in [2.05, 4.69) is 4.98 Å². The van der Waals surface area contributed by atoms with Crippen molar-refractivity contribution in [3.63, 3.8) is 0 Å². The van der Waals surface area contributed by atoms with Gasteiger partial charge in [0.25, 0.3) is 0 Å². The van der Waals surface area contributed by atoms with E-state index in [4.69, 9.17) is 0 Å². The lowest BCUT2D eigenvalue weighted by atomic mass is 10.1. The number of carbonyl (C=O) groups excluding carboxylic acids is 1. The van der Waals surface area contributed by atoms with Crippen LogP contribution in [0.1, 0.15) is 25.1 Å². The first-order valence-electron chi connectivity index (χ1n) is 4.94. The van der Waals surface area contributed by atoms with Crippen LogP contribution in [0.4, 0.5) is 0 Å². The second kappa shape index (κ2) is 3.78. The van der Waals surface area contributed by atoms with Gasteiger partial charge in [0.15, 0.2) is 5.78 Å². The van der Waals surface area contributed by atoms with Gasteiger partial charge in [-0.2, -0.15) is 0 Å². The number of nitrogens with zero attached hydrogens (tertiary/aromatic N) is 2. The van der Waals surface area contributed by atoms with Crippen LogP contribution < -0.4 is 0 Å². The molecule has 0 fully saturated rings. The van der Waals surface area contributed by atoms with Gasteiger partial charge in [-0.15, -0.1) is 0 Å². The summed E-state index contributed by atoms with van der Waals surface area (Å²) >= 11 is 0. The number of aromatic nitrogens is 2. The van der Waals surface area contributed by atoms with E-state index in [9.17, 15) is 4.79 Å². The third-order valence-electron chi connectivity index (χ3n) is 2.65. The van der Waals surface area contributed by atoms with E-state index >= 15 is 0 Å². The van der Waals surface area contributed by atoms with Gasteiger partial charge in [0.1, 0.15) is 5.82 Å². The molecule has 0 radical (unpaired) electrons. The van der Waals surface area contributed by atoms with Crippen LogP contribution in [-0.2, 0) is 18.3 Å². The number of hydrogen-bond donors (Lipinski definition) is 0. The summed E-state index contributed by atoms with van der Waals surface area (Å²) in [5.74, 6) is 1.37. The zero-order valence-electron chi connectivity index (χ0n) is 8.36. The molecule has 0 aromatic carbocycles. The predicted octanol–water partition coefficient (Wildman–Crippen LogP) is 1.64. The van der Waals surface area contributed by atoms with E-state index < -0.39 is 0 Å². The Morgan fingerprint density at radius 1 is 1.43 bits per heavy atom. The highest BCUT2D eigenvalue weighted by atomic mass is 16.1. The van der Waals surface area contributed by atoms with Crippen molar-refractivity contribution in [1.82, 2.24) is 9.55 Å². The number of carbonyl (C=O) groups is 1. The van der Waals surface area contributed by atoms with Gasteiger partial charge in [0, 0.05) is 32.3 Å². The monoisotopic (exact) mass is 190 g/mol. The molecule has 3 heteroatoms. The number of ketones is 1. The van der Waals surface area contributed by atoms with Crippen molar-refractivity contribution < 1.29 is 4.79 Å². The van der Waals surface area contributed by atoms with E-state index in [-0.39, 0.29) is 5.78 Å². The average Bonchev–Trinajstić information content (AvgIpc) is 2.72. The van der Waals surface area contributed by atoms with Crippen molar-refractivity contribution >= 4 is 5.78 Å². The maximum atomic E-state index is 11.0. The molecule has 0 saturated carbocycles. The maximum Gasteiger partial charge on any atom is 0.155 e. The summed E-state index contributed by atoms with van der Waals surface area (Å²) < 4.78 is 2.03. The predicted molar refractivity (Wildman–Crippen MR) is 53.9 cm³/mol. The van der Waals surface area contributed by atoms with Gasteiger partial charge in [0.2, 0.25) is 0 Å². The van der Waals surface area contributed by atoms with Gasteiger partial charge in [-0.1, -0.05) is 5.57 Å². The Morgan fingerprint density at radius 2 is 2.29 bits per heavy atom. The number of imidazole rings is 1. The summed E-state index contributed by atoms with van der Waals surface area (Å²) in [6.07, 6.45) is 9.11. The van der Waals surface area contributed by atoms with Gasteiger partial charge in [0.05, 0.1) is 0 Å². The molecule has 0 bridgehead atoms. The molecular formula is C11H14N2O. The highest BCUT2D eigenvalue weighted by Crippen LogP contribution is 2.19. The molecule has 1 aromatic rings. The molecule has 14 heavy (non-hydrogen) atoms. The van der Waals surface area contributed by atoms with Crippen molar-refractivity contribution in [2.45, 2.75) is 25.7 Å². The van der Waals surface area contributed by atoms with E-state index in [1.165, 1.54) is 5.57 Å². The van der Waals surface area contributed by atoms with E-state index in [0.29, 0.717) is 6.42 Å². The zero-order chi connectivity index (χ0) is 9.97. The summed E-state index contributed by atoms with van der Waals surface area (Å²) in [5.41, 5.74) is 1.28. The molecule has 1 aromatic heterocycles. The molecular weight excluding hydrogens is 176 g/mol. The molecule has 1 aliphatic rings. The third kappa shape index (κ3) is 1.92. The molecule has 0 aliphatic heterocycles. The fourth-order valence-electron chi connectivity index (χ4n) is 1.76. The van der Waals surface area contributed by atoms with Crippen LogP contribution in [0.25, 0.3) is 0 Å². The topological polar surface area (TPSA) is 34.9 Å². The van der Waals surface area contributed by atoms with Crippen LogP contribution >= 0.6 is 0 Å². The molecule has 0 spiro atoms. The lowest BCUT2D eigenvalue weighted by Gasteiger charge is -2.01. The Balaban J connectivity index is 1.92. The van der Waals surface area contributed by atoms with Crippen LogP contribution in [0.3, 0.4) is 0 Å². The highest BCUT2D eigenvalue weighted by molar-refractivity contribution is 5.92. The first-order valence-corrected chi connectivity index (χ1v) is 4.94. The molecule has 74 valence electrons. The third-order valence-corrected chi connectivity index (χ3v) is 2.65. The first-order chi connectivity index (χ1) is 6.75. The Hall–Kier alpha value is -1.38. The zero-order valence-corrected chi connectivity index (χ0v) is 8.36. The Morgan fingerprint density at radius 3 is 2.86 bits per heavy atom. The number of hydrogen-bond acceptors (Lipinski definition) is 2. The SMILES string of the molecule is Cn1ccnc1CCC1=CC(=O)CC1. The smallest absolute Gasteiger partial charge is 0.155 e. The first kappa shape index (κ1) is 9.19. The molecule has 1 heterocycles. The van der Waals surface area contributed by atoms with Crippen molar-refractivity contribution in [1.29, 1.82) is 0 Å². The van der Waals surface area contributed by atoms with E-state index in [0.717, 1.165) is 25.1 Å². The lowest BCUT2D eigenvalue weighted by molar-refractivity contribution is -0.114. The maximum absolute atomic E-state index is 11.0. The van der Waals surface area contributed by atoms with Crippen molar-refractivity contribution in [2.75, 3.05) is 0 Å². The minimum absolute atomic E-state index is 0.278. The fourth-order valence-corrected chi connectivity index (χ4v) is 1.76. The van der Waals surface area contributed by atoms with Crippen LogP contribution in [0.15, 0.2) is 24.0 Å². The quantitative estimate of drug-likeness (QED) is 0.726. The number of allylic oxidation sites excluding steroid dienone is 2. The summed E-state index contributed by atoms with van der Waals surface area (Å²) in [7, 11) is 2.00. The van der Waals surface area contributed by atoms with E-state index in [1.807, 2.05) is 24.0 Å². The Bertz CT molecular complexity index is 376. The van der Waals surface area contributed by atoms with Gasteiger partial charge in [-0.05, 0) is 18.9 Å². The normalized spacial score (nSPS) is 16.1. The second-order valence-electron chi connectivity index (χ2n) is 3.72. The summed E-state index contributed by atoms with van der Waals surface area (Å²) in [6, 6.07) is 0. The van der Waals surface area contributed by atoms with Crippen LogP contribution in [-0.4, -0.2) is 15.3 Å². The average molecular weight is 190 g/mol. The minimum atomic E-state index is 0.278. The Labute approximate surface area is 83.5 Å². The molecule has 0 amide bonds. The standard InChI is InChI=1S/C11H14N2O/c1-13-7-6-12-11(13)5-3-9-2-4-10(14)8-9/h6-8H,2-5H2,1H3. The van der Waals surface area contributed by atoms with Gasteiger partial charge >= 0.3 is 0 Å². The van der Waals surface area contributed by atoms with Gasteiger partial charge in [-0.3, -0.25) is 4.79 Å². The molecule has 1 aliphatic carbocycles. The molecule has 2 rings (SSSR count). The van der Waals surface area contributed by atoms with Crippen molar-refractivity contribution in [3.8, 4) is 0 Å². The second-order valence-corrected chi connectivity index (χ2v) is 3.72. The van der Waals surface area contributed by atoms with Crippen molar-refractivity contribution in [3.05, 3.63) is 29.9 Å². The molecule has 0 atom stereocenters. The van der Waals surface area contributed by atoms with Crippen molar-refractivity contribution in [2.24, 2.45) is 7.05 Å². The molecule has 0 N–H and O–H groups in total. The van der Waals surface area contributed by atoms with Gasteiger partial charge < -0.3 is 4.57 Å². The van der Waals surface area contributed by atoms with Crippen LogP contribution in [0, 0.1) is 0 Å². The molecule has 3 nitrogen and oxygen atoms in total. The molecule has 0 unspecified atom stereocenters. The lowest BCUT2D eigenvalue weighted by Crippen LogP contribution is -1.97. The minimum Gasteiger partial charge on any atom is -0.338 e. The largest absolute Gasteiger partial charge is 0.338 e. The number of aryl methyl sites for hydroxylation is 2. The highest BCUT2D eigenvalue weighted by Gasteiger charge is 2.12. The van der Waals surface area contributed by atoms with Crippen LogP contribution in [0.5, 0.6) is 0 Å². The van der Waals surface area contributed by atoms with Gasteiger partial charge in [-0.25, -0.2) is 4.98 Å². The summed E-state index contributed by atoms with van der Waals surface area (Å²) in [4.78, 5) is 15.2. The summed E-state index contributed by atoms with van der Waals surface area (Å²) in [5, 5.41) is 0. The van der Waals surface area contributed by atoms with Crippen LogP contribution in [0.2, 0.25) is 0 Å². The number of rotatable bonds is 3. The summed E-state index contributed by atoms with van der Waals surface area (Å²) in [6.45, 7) is 0. The Kier molecular flexibility index (Phi) is 2.48.